The Morgan fingerprint density at radius 1 is 1.00 bits per heavy atom. The van der Waals surface area contributed by atoms with Gasteiger partial charge in [0, 0.05) is 25.4 Å². The Kier molecular flexibility index (Phi) is 5.94. The van der Waals surface area contributed by atoms with Crippen LogP contribution in [0.2, 0.25) is 5.02 Å². The van der Waals surface area contributed by atoms with Gasteiger partial charge in [-0.15, -0.1) is 0 Å². The minimum absolute atomic E-state index is 0.176. The van der Waals surface area contributed by atoms with E-state index >= 15 is 0 Å². The molecule has 0 saturated carbocycles. The molecular weight excluding hydrogens is 449 g/mol. The minimum Gasteiger partial charge on any atom is -0.489 e. The molecule has 1 N–H and O–H groups in total. The largest absolute Gasteiger partial charge is 0.489 e. The average Bonchev–Trinajstić information content (AvgIpc) is 2.63. The number of nitrogens with one attached hydrogen (secondary N) is 1. The monoisotopic (exact) mass is 463 g/mol. The highest BCUT2D eigenvalue weighted by atomic mass is 127. The quantitative estimate of drug-likeness (QED) is 0.487. The molecule has 3 aromatic rings. The van der Waals surface area contributed by atoms with Crippen LogP contribution >= 0.6 is 34.2 Å². The van der Waals surface area contributed by atoms with E-state index in [-0.39, 0.29) is 5.91 Å². The third kappa shape index (κ3) is 4.96. The Balaban J connectivity index is 1.67. The average molecular weight is 464 g/mol. The highest BCUT2D eigenvalue weighted by molar-refractivity contribution is 14.1. The van der Waals surface area contributed by atoms with Crippen molar-refractivity contribution in [3.05, 3.63) is 92.5 Å². The van der Waals surface area contributed by atoms with E-state index < -0.39 is 0 Å². The van der Waals surface area contributed by atoms with Gasteiger partial charge in [-0.1, -0.05) is 35.9 Å². The minimum atomic E-state index is -0.176. The second kappa shape index (κ2) is 8.36. The van der Waals surface area contributed by atoms with Gasteiger partial charge in [-0.05, 0) is 71.1 Å². The van der Waals surface area contributed by atoms with Gasteiger partial charge in [0.1, 0.15) is 12.4 Å². The number of hydrogen-bond acceptors (Lipinski definition) is 2. The van der Waals surface area contributed by atoms with Crippen molar-refractivity contribution in [1.82, 2.24) is 0 Å². The first-order valence-electron chi connectivity index (χ1n) is 7.65. The van der Waals surface area contributed by atoms with Crippen LogP contribution < -0.4 is 10.1 Å². The first-order valence-corrected chi connectivity index (χ1v) is 9.11. The first kappa shape index (κ1) is 17.8. The predicted octanol–water partition coefficient (Wildman–Crippen LogP) is 5.78. The van der Waals surface area contributed by atoms with Gasteiger partial charge in [-0.25, -0.2) is 0 Å². The fourth-order valence-corrected chi connectivity index (χ4v) is 2.79. The SMILES string of the molecule is O=C(Nc1ccc(I)cc1)c1cccc(OCc2ccccc2Cl)c1. The first-order chi connectivity index (χ1) is 12.1. The summed E-state index contributed by atoms with van der Waals surface area (Å²) in [5, 5.41) is 3.54. The van der Waals surface area contributed by atoms with Crippen LogP contribution in [-0.2, 0) is 6.61 Å². The van der Waals surface area contributed by atoms with Crippen molar-refractivity contribution >= 4 is 45.8 Å². The van der Waals surface area contributed by atoms with E-state index in [9.17, 15) is 4.79 Å². The van der Waals surface area contributed by atoms with Crippen molar-refractivity contribution in [2.75, 3.05) is 5.32 Å². The molecule has 0 aromatic heterocycles. The van der Waals surface area contributed by atoms with Crippen LogP contribution in [0.1, 0.15) is 15.9 Å². The van der Waals surface area contributed by atoms with Crippen molar-refractivity contribution in [3.8, 4) is 5.75 Å². The molecule has 0 saturated heterocycles. The molecule has 0 fully saturated rings. The van der Waals surface area contributed by atoms with Gasteiger partial charge in [0.05, 0.1) is 0 Å². The number of halogens is 2. The number of carbonyl (C=O) groups is 1. The zero-order valence-electron chi connectivity index (χ0n) is 13.2. The lowest BCUT2D eigenvalue weighted by Crippen LogP contribution is -2.12. The van der Waals surface area contributed by atoms with Crippen molar-refractivity contribution < 1.29 is 9.53 Å². The van der Waals surface area contributed by atoms with Crippen LogP contribution in [0.5, 0.6) is 5.75 Å². The van der Waals surface area contributed by atoms with E-state index in [0.29, 0.717) is 22.9 Å². The summed E-state index contributed by atoms with van der Waals surface area (Å²) in [6.45, 7) is 0.349. The molecule has 0 heterocycles. The molecule has 25 heavy (non-hydrogen) atoms. The fraction of sp³-hybridized carbons (Fsp3) is 0.0500. The van der Waals surface area contributed by atoms with E-state index in [2.05, 4.69) is 27.9 Å². The molecule has 0 radical (unpaired) electrons. The van der Waals surface area contributed by atoms with Gasteiger partial charge in [0.2, 0.25) is 0 Å². The Hall–Kier alpha value is -2.05. The molecule has 3 aromatic carbocycles. The Morgan fingerprint density at radius 3 is 2.52 bits per heavy atom. The number of anilines is 1. The number of rotatable bonds is 5. The number of amides is 1. The van der Waals surface area contributed by atoms with Crippen LogP contribution in [-0.4, -0.2) is 5.91 Å². The summed E-state index contributed by atoms with van der Waals surface area (Å²) in [5.41, 5.74) is 2.20. The molecule has 1 amide bonds. The van der Waals surface area contributed by atoms with Gasteiger partial charge in [-0.2, -0.15) is 0 Å². The second-order valence-corrected chi connectivity index (χ2v) is 7.02. The summed E-state index contributed by atoms with van der Waals surface area (Å²) < 4.78 is 6.88. The summed E-state index contributed by atoms with van der Waals surface area (Å²) in [5.74, 6) is 0.444. The summed E-state index contributed by atoms with van der Waals surface area (Å²) in [7, 11) is 0. The molecule has 0 aliphatic rings. The van der Waals surface area contributed by atoms with Crippen LogP contribution in [0, 0.1) is 3.57 Å². The van der Waals surface area contributed by atoms with Crippen LogP contribution in [0.3, 0.4) is 0 Å². The zero-order valence-corrected chi connectivity index (χ0v) is 16.1. The van der Waals surface area contributed by atoms with Gasteiger partial charge in [0.25, 0.3) is 5.91 Å². The van der Waals surface area contributed by atoms with Gasteiger partial charge >= 0.3 is 0 Å². The molecular formula is C20H15ClINO2. The normalized spacial score (nSPS) is 10.3. The standard InChI is InChI=1S/C20H15ClINO2/c21-19-7-2-1-4-15(19)13-25-18-6-3-5-14(12-18)20(24)23-17-10-8-16(22)9-11-17/h1-12H,13H2,(H,23,24). The highest BCUT2D eigenvalue weighted by Gasteiger charge is 2.08. The molecule has 3 rings (SSSR count). The molecule has 0 spiro atoms. The topological polar surface area (TPSA) is 38.3 Å². The lowest BCUT2D eigenvalue weighted by molar-refractivity contribution is 0.102. The van der Waals surface area contributed by atoms with Crippen LogP contribution in [0.25, 0.3) is 0 Å². The lowest BCUT2D eigenvalue weighted by Gasteiger charge is -2.10. The molecule has 5 heteroatoms. The molecule has 0 aliphatic heterocycles. The van der Waals surface area contributed by atoms with E-state index in [1.54, 1.807) is 18.2 Å². The maximum absolute atomic E-state index is 12.4. The third-order valence-electron chi connectivity index (χ3n) is 3.55. The van der Waals surface area contributed by atoms with E-state index in [1.165, 1.54) is 0 Å². The summed E-state index contributed by atoms with van der Waals surface area (Å²) in [6.07, 6.45) is 0. The van der Waals surface area contributed by atoms with Crippen LogP contribution in [0.15, 0.2) is 72.8 Å². The smallest absolute Gasteiger partial charge is 0.255 e. The summed E-state index contributed by atoms with van der Waals surface area (Å²) >= 11 is 8.35. The van der Waals surface area contributed by atoms with Gasteiger partial charge in [-0.3, -0.25) is 4.79 Å². The van der Waals surface area contributed by atoms with Crippen molar-refractivity contribution in [2.45, 2.75) is 6.61 Å². The second-order valence-electron chi connectivity index (χ2n) is 5.37. The number of carbonyl (C=O) groups excluding carboxylic acids is 1. The number of hydrogen-bond donors (Lipinski definition) is 1. The van der Waals surface area contributed by atoms with Crippen molar-refractivity contribution in [3.63, 3.8) is 0 Å². The van der Waals surface area contributed by atoms with Crippen molar-refractivity contribution in [2.24, 2.45) is 0 Å². The van der Waals surface area contributed by atoms with Crippen molar-refractivity contribution in [1.29, 1.82) is 0 Å². The lowest BCUT2D eigenvalue weighted by atomic mass is 10.2. The number of benzene rings is 3. The molecule has 0 aliphatic carbocycles. The zero-order chi connectivity index (χ0) is 17.6. The number of ether oxygens (including phenoxy) is 1. The van der Waals surface area contributed by atoms with E-state index in [0.717, 1.165) is 14.8 Å². The molecule has 0 bridgehead atoms. The molecule has 3 nitrogen and oxygen atoms in total. The summed E-state index contributed by atoms with van der Waals surface area (Å²) in [6, 6.07) is 22.2. The predicted molar refractivity (Wildman–Crippen MR) is 109 cm³/mol. The van der Waals surface area contributed by atoms with E-state index in [1.807, 2.05) is 54.6 Å². The molecule has 126 valence electrons. The maximum atomic E-state index is 12.4. The Bertz CT molecular complexity index is 881. The molecule has 0 unspecified atom stereocenters. The highest BCUT2D eigenvalue weighted by Crippen LogP contribution is 2.20. The maximum Gasteiger partial charge on any atom is 0.255 e. The third-order valence-corrected chi connectivity index (χ3v) is 4.64. The Morgan fingerprint density at radius 2 is 1.76 bits per heavy atom. The fourth-order valence-electron chi connectivity index (χ4n) is 2.24. The molecule has 0 atom stereocenters. The van der Waals surface area contributed by atoms with E-state index in [4.69, 9.17) is 16.3 Å². The Labute approximate surface area is 165 Å². The van der Waals surface area contributed by atoms with Gasteiger partial charge in [0.15, 0.2) is 0 Å². The van der Waals surface area contributed by atoms with Gasteiger partial charge < -0.3 is 10.1 Å². The summed E-state index contributed by atoms with van der Waals surface area (Å²) in [4.78, 5) is 12.4. The van der Waals surface area contributed by atoms with Crippen LogP contribution in [0.4, 0.5) is 5.69 Å².